The van der Waals surface area contributed by atoms with Crippen molar-refractivity contribution in [3.63, 3.8) is 0 Å². The number of aliphatic imine (C=N–C) groups is 1. The van der Waals surface area contributed by atoms with Crippen LogP contribution in [0.1, 0.15) is 31.9 Å². The van der Waals surface area contributed by atoms with Gasteiger partial charge in [0.05, 0.1) is 18.8 Å². The molecule has 1 heterocycles. The van der Waals surface area contributed by atoms with E-state index in [4.69, 9.17) is 10.5 Å². The third-order valence-corrected chi connectivity index (χ3v) is 3.93. The maximum absolute atomic E-state index is 5.83. The lowest BCUT2D eigenvalue weighted by atomic mass is 10.1. The first-order valence-corrected chi connectivity index (χ1v) is 8.56. The number of nitrogens with zero attached hydrogens (tertiary/aromatic N) is 2. The Morgan fingerprint density at radius 1 is 1.24 bits per heavy atom. The molecule has 0 bridgehead atoms. The highest BCUT2D eigenvalue weighted by Crippen LogP contribution is 2.15. The van der Waals surface area contributed by atoms with Crippen molar-refractivity contribution in [2.24, 2.45) is 10.7 Å². The van der Waals surface area contributed by atoms with E-state index in [0.717, 1.165) is 30.8 Å². The minimum Gasteiger partial charge on any atom is -0.373 e. The van der Waals surface area contributed by atoms with Gasteiger partial charge in [0, 0.05) is 26.2 Å². The molecule has 2 atom stereocenters. The molecule has 2 rings (SSSR count). The highest BCUT2D eigenvalue weighted by Gasteiger charge is 2.21. The van der Waals surface area contributed by atoms with Crippen molar-refractivity contribution in [3.05, 3.63) is 47.5 Å². The van der Waals surface area contributed by atoms with Crippen LogP contribution < -0.4 is 11.1 Å². The van der Waals surface area contributed by atoms with Crippen LogP contribution >= 0.6 is 24.0 Å². The summed E-state index contributed by atoms with van der Waals surface area (Å²) in [6.07, 6.45) is 0.606. The summed E-state index contributed by atoms with van der Waals surface area (Å²) in [6, 6.07) is 8.59. The molecule has 0 saturated carbocycles. The van der Waals surface area contributed by atoms with Crippen molar-refractivity contribution in [1.29, 1.82) is 0 Å². The molecule has 6 heteroatoms. The molecule has 25 heavy (non-hydrogen) atoms. The number of benzene rings is 1. The molecule has 1 saturated heterocycles. The van der Waals surface area contributed by atoms with Gasteiger partial charge in [-0.2, -0.15) is 0 Å². The fourth-order valence-corrected chi connectivity index (χ4v) is 2.90. The maximum Gasteiger partial charge on any atom is 0.189 e. The summed E-state index contributed by atoms with van der Waals surface area (Å²) in [4.78, 5) is 6.80. The number of nitrogens with one attached hydrogen (secondary N) is 1. The lowest BCUT2D eigenvalue weighted by Gasteiger charge is -2.35. The van der Waals surface area contributed by atoms with Crippen LogP contribution in [0.15, 0.2) is 41.4 Å². The molecule has 1 fully saturated rings. The SMILES string of the molecule is C=C(C)CNC(N)=NCc1ccc(CN2CC(C)OC(C)C2)cc1.I. The zero-order valence-electron chi connectivity index (χ0n) is 15.5. The van der Waals surface area contributed by atoms with Gasteiger partial charge in [-0.05, 0) is 31.9 Å². The Bertz CT molecular complexity index is 563. The average molecular weight is 458 g/mol. The van der Waals surface area contributed by atoms with Gasteiger partial charge in [-0.3, -0.25) is 4.90 Å². The predicted molar refractivity (Wildman–Crippen MR) is 115 cm³/mol. The quantitative estimate of drug-likeness (QED) is 0.298. The van der Waals surface area contributed by atoms with Gasteiger partial charge >= 0.3 is 0 Å². The molecule has 3 N–H and O–H groups in total. The van der Waals surface area contributed by atoms with Gasteiger partial charge in [-0.1, -0.05) is 36.4 Å². The zero-order chi connectivity index (χ0) is 17.5. The lowest BCUT2D eigenvalue weighted by Crippen LogP contribution is -2.44. The van der Waals surface area contributed by atoms with Crippen LogP contribution in [0.4, 0.5) is 0 Å². The number of halogens is 1. The summed E-state index contributed by atoms with van der Waals surface area (Å²) >= 11 is 0. The smallest absolute Gasteiger partial charge is 0.189 e. The number of hydrogen-bond acceptors (Lipinski definition) is 3. The van der Waals surface area contributed by atoms with Crippen molar-refractivity contribution in [2.45, 2.75) is 46.1 Å². The van der Waals surface area contributed by atoms with E-state index in [1.54, 1.807) is 0 Å². The fourth-order valence-electron chi connectivity index (χ4n) is 2.90. The summed E-state index contributed by atoms with van der Waals surface area (Å²) in [5.41, 5.74) is 9.33. The first-order valence-electron chi connectivity index (χ1n) is 8.56. The van der Waals surface area contributed by atoms with Crippen LogP contribution in [0.3, 0.4) is 0 Å². The molecule has 140 valence electrons. The largest absolute Gasteiger partial charge is 0.373 e. The molecule has 0 aliphatic carbocycles. The third kappa shape index (κ3) is 8.20. The molecule has 1 aromatic rings. The maximum atomic E-state index is 5.83. The van der Waals surface area contributed by atoms with Gasteiger partial charge in [-0.25, -0.2) is 4.99 Å². The summed E-state index contributed by atoms with van der Waals surface area (Å²) in [5.74, 6) is 0.457. The minimum atomic E-state index is 0. The van der Waals surface area contributed by atoms with Gasteiger partial charge in [0.2, 0.25) is 0 Å². The molecule has 1 aromatic carbocycles. The first-order chi connectivity index (χ1) is 11.4. The summed E-state index contributed by atoms with van der Waals surface area (Å²) in [5, 5.41) is 3.04. The Labute approximate surface area is 168 Å². The molecule has 2 unspecified atom stereocenters. The van der Waals surface area contributed by atoms with E-state index in [1.165, 1.54) is 5.56 Å². The van der Waals surface area contributed by atoms with Gasteiger partial charge in [0.15, 0.2) is 5.96 Å². The number of guanidine groups is 1. The van der Waals surface area contributed by atoms with E-state index < -0.39 is 0 Å². The van der Waals surface area contributed by atoms with Gasteiger partial charge in [-0.15, -0.1) is 24.0 Å². The van der Waals surface area contributed by atoms with E-state index >= 15 is 0 Å². The van der Waals surface area contributed by atoms with Crippen LogP contribution in [0, 0.1) is 0 Å². The Balaban J connectivity index is 0.00000312. The fraction of sp³-hybridized carbons (Fsp3) is 0.526. The number of rotatable bonds is 6. The van der Waals surface area contributed by atoms with Crippen molar-refractivity contribution in [3.8, 4) is 0 Å². The standard InChI is InChI=1S/C19H30N4O.HI/c1-14(2)9-21-19(20)22-10-17-5-7-18(8-6-17)13-23-11-15(3)24-16(4)12-23;/h5-8,15-16H,1,9-13H2,2-4H3,(H3,20,21,22);1H. The third-order valence-electron chi connectivity index (χ3n) is 3.93. The van der Waals surface area contributed by atoms with Gasteiger partial charge in [0.25, 0.3) is 0 Å². The predicted octanol–water partition coefficient (Wildman–Crippen LogP) is 2.89. The van der Waals surface area contributed by atoms with Crippen molar-refractivity contribution >= 4 is 29.9 Å². The van der Waals surface area contributed by atoms with Crippen molar-refractivity contribution in [2.75, 3.05) is 19.6 Å². The Morgan fingerprint density at radius 3 is 2.36 bits per heavy atom. The zero-order valence-corrected chi connectivity index (χ0v) is 17.8. The second-order valence-electron chi connectivity index (χ2n) is 6.78. The molecular weight excluding hydrogens is 427 g/mol. The van der Waals surface area contributed by atoms with E-state index in [0.29, 0.717) is 31.3 Å². The van der Waals surface area contributed by atoms with E-state index in [9.17, 15) is 0 Å². The Kier molecular flexibility index (Phi) is 9.45. The van der Waals surface area contributed by atoms with E-state index in [1.807, 2.05) is 6.92 Å². The first kappa shape index (κ1) is 21.9. The highest BCUT2D eigenvalue weighted by atomic mass is 127. The number of ether oxygens (including phenoxy) is 1. The highest BCUT2D eigenvalue weighted by molar-refractivity contribution is 14.0. The molecule has 1 aliphatic rings. The van der Waals surface area contributed by atoms with Crippen LogP contribution in [0.5, 0.6) is 0 Å². The van der Waals surface area contributed by atoms with Gasteiger partial charge in [0.1, 0.15) is 0 Å². The van der Waals surface area contributed by atoms with Crippen LogP contribution in [0.25, 0.3) is 0 Å². The second kappa shape index (κ2) is 10.8. The number of morpholine rings is 1. The summed E-state index contributed by atoms with van der Waals surface area (Å²) in [7, 11) is 0. The van der Waals surface area contributed by atoms with Crippen molar-refractivity contribution < 1.29 is 4.74 Å². The van der Waals surface area contributed by atoms with Crippen molar-refractivity contribution in [1.82, 2.24) is 10.2 Å². The summed E-state index contributed by atoms with van der Waals surface area (Å²) < 4.78 is 5.78. The lowest BCUT2D eigenvalue weighted by molar-refractivity contribution is -0.0704. The molecule has 0 amide bonds. The monoisotopic (exact) mass is 458 g/mol. The molecule has 5 nitrogen and oxygen atoms in total. The van der Waals surface area contributed by atoms with Crippen LogP contribution in [0.2, 0.25) is 0 Å². The van der Waals surface area contributed by atoms with E-state index in [-0.39, 0.29) is 24.0 Å². The van der Waals surface area contributed by atoms with Crippen LogP contribution in [-0.4, -0.2) is 42.7 Å². The van der Waals surface area contributed by atoms with E-state index in [2.05, 4.69) is 59.9 Å². The molecule has 0 spiro atoms. The van der Waals surface area contributed by atoms with Crippen LogP contribution in [-0.2, 0) is 17.8 Å². The average Bonchev–Trinajstić information content (AvgIpc) is 2.51. The molecule has 1 aliphatic heterocycles. The Hall–Kier alpha value is -1.12. The molecular formula is C19H31IN4O. The summed E-state index contributed by atoms with van der Waals surface area (Å²) in [6.45, 7) is 14.2. The number of hydrogen-bond donors (Lipinski definition) is 2. The molecule has 0 radical (unpaired) electrons. The minimum absolute atomic E-state index is 0. The Morgan fingerprint density at radius 2 is 1.80 bits per heavy atom. The normalized spacial score (nSPS) is 21.5. The molecule has 0 aromatic heterocycles. The second-order valence-corrected chi connectivity index (χ2v) is 6.78. The topological polar surface area (TPSA) is 62.9 Å². The number of nitrogens with two attached hydrogens (primary N) is 1. The van der Waals surface area contributed by atoms with Gasteiger partial charge < -0.3 is 15.8 Å².